The standard InChI is InChI=1S/C13H14ClN3O2S/c1-8-5-11(14)13(7-12(8)15)20(18,19)17-10-3-4-16-9(2)6-10/h3-7H,15H2,1-2H3,(H,16,17). The fourth-order valence-corrected chi connectivity index (χ4v) is 3.36. The van der Waals surface area contributed by atoms with Gasteiger partial charge in [0.2, 0.25) is 0 Å². The van der Waals surface area contributed by atoms with E-state index in [1.54, 1.807) is 26.0 Å². The number of rotatable bonds is 3. The summed E-state index contributed by atoms with van der Waals surface area (Å²) in [5, 5.41) is 0.134. The summed E-state index contributed by atoms with van der Waals surface area (Å²) in [7, 11) is -3.79. The normalized spacial score (nSPS) is 11.3. The molecule has 0 unspecified atom stereocenters. The minimum absolute atomic E-state index is 0.0447. The number of sulfonamides is 1. The molecule has 1 heterocycles. The number of nitrogen functional groups attached to an aromatic ring is 1. The molecule has 5 nitrogen and oxygen atoms in total. The third-order valence-electron chi connectivity index (χ3n) is 2.76. The summed E-state index contributed by atoms with van der Waals surface area (Å²) in [6.45, 7) is 3.53. The van der Waals surface area contributed by atoms with Crippen molar-refractivity contribution in [3.63, 3.8) is 0 Å². The first-order valence-electron chi connectivity index (χ1n) is 5.81. The van der Waals surface area contributed by atoms with Gasteiger partial charge >= 0.3 is 0 Å². The summed E-state index contributed by atoms with van der Waals surface area (Å²) >= 11 is 6.00. The van der Waals surface area contributed by atoms with Crippen LogP contribution in [0, 0.1) is 13.8 Å². The van der Waals surface area contributed by atoms with Crippen LogP contribution in [-0.4, -0.2) is 13.4 Å². The van der Waals surface area contributed by atoms with E-state index in [2.05, 4.69) is 9.71 Å². The summed E-state index contributed by atoms with van der Waals surface area (Å²) < 4.78 is 27.1. The largest absolute Gasteiger partial charge is 0.398 e. The molecule has 0 radical (unpaired) electrons. The number of halogens is 1. The minimum atomic E-state index is -3.79. The van der Waals surface area contributed by atoms with Crippen LogP contribution in [-0.2, 0) is 10.0 Å². The fraction of sp³-hybridized carbons (Fsp3) is 0.154. The van der Waals surface area contributed by atoms with E-state index >= 15 is 0 Å². The lowest BCUT2D eigenvalue weighted by atomic mass is 10.2. The second kappa shape index (κ2) is 5.30. The molecule has 0 aliphatic rings. The van der Waals surface area contributed by atoms with Gasteiger partial charge < -0.3 is 5.73 Å². The molecule has 0 bridgehead atoms. The second-order valence-corrected chi connectivity index (χ2v) is 6.49. The molecule has 7 heteroatoms. The molecule has 0 spiro atoms. The third-order valence-corrected chi connectivity index (χ3v) is 4.60. The molecule has 1 aromatic carbocycles. The zero-order chi connectivity index (χ0) is 14.9. The first-order valence-corrected chi connectivity index (χ1v) is 7.67. The fourth-order valence-electron chi connectivity index (χ4n) is 1.69. The van der Waals surface area contributed by atoms with Gasteiger partial charge in [-0.25, -0.2) is 8.42 Å². The van der Waals surface area contributed by atoms with Gasteiger partial charge in [-0.1, -0.05) is 11.6 Å². The number of nitrogens with one attached hydrogen (secondary N) is 1. The molecule has 2 aromatic rings. The molecule has 0 aliphatic heterocycles. The average molecular weight is 312 g/mol. The number of hydrogen-bond acceptors (Lipinski definition) is 4. The third kappa shape index (κ3) is 3.02. The predicted octanol–water partition coefficient (Wildman–Crippen LogP) is 2.73. The Morgan fingerprint density at radius 3 is 2.60 bits per heavy atom. The zero-order valence-corrected chi connectivity index (χ0v) is 12.6. The molecule has 0 fully saturated rings. The van der Waals surface area contributed by atoms with E-state index in [1.807, 2.05) is 0 Å². The molecular weight excluding hydrogens is 298 g/mol. The van der Waals surface area contributed by atoms with E-state index in [9.17, 15) is 8.42 Å². The van der Waals surface area contributed by atoms with Crippen molar-refractivity contribution in [3.8, 4) is 0 Å². The molecule has 0 amide bonds. The Morgan fingerprint density at radius 2 is 1.95 bits per heavy atom. The van der Waals surface area contributed by atoms with E-state index in [4.69, 9.17) is 17.3 Å². The number of aromatic nitrogens is 1. The maximum atomic E-state index is 12.3. The van der Waals surface area contributed by atoms with Crippen molar-refractivity contribution in [2.24, 2.45) is 0 Å². The number of anilines is 2. The minimum Gasteiger partial charge on any atom is -0.398 e. The highest BCUT2D eigenvalue weighted by Crippen LogP contribution is 2.28. The first kappa shape index (κ1) is 14.6. The van der Waals surface area contributed by atoms with Crippen molar-refractivity contribution >= 4 is 33.0 Å². The molecule has 0 atom stereocenters. The summed E-state index contributed by atoms with van der Waals surface area (Å²) in [5.41, 5.74) is 7.98. The molecule has 2 rings (SSSR count). The van der Waals surface area contributed by atoms with Crippen molar-refractivity contribution in [3.05, 3.63) is 46.7 Å². The Hall–Kier alpha value is -1.79. The number of aryl methyl sites for hydroxylation is 2. The van der Waals surface area contributed by atoms with Crippen LogP contribution in [0.25, 0.3) is 0 Å². The quantitative estimate of drug-likeness (QED) is 0.853. The van der Waals surface area contributed by atoms with Crippen LogP contribution < -0.4 is 10.5 Å². The van der Waals surface area contributed by atoms with Gasteiger partial charge in [0, 0.05) is 17.6 Å². The second-order valence-electron chi connectivity index (χ2n) is 4.43. The van der Waals surface area contributed by atoms with Crippen LogP contribution in [0.5, 0.6) is 0 Å². The number of nitrogens with zero attached hydrogens (tertiary/aromatic N) is 1. The highest BCUT2D eigenvalue weighted by atomic mass is 35.5. The van der Waals surface area contributed by atoms with Crippen LogP contribution in [0.4, 0.5) is 11.4 Å². The topological polar surface area (TPSA) is 85.1 Å². The van der Waals surface area contributed by atoms with Gasteiger partial charge in [-0.2, -0.15) is 0 Å². The monoisotopic (exact) mass is 311 g/mol. The highest BCUT2D eigenvalue weighted by molar-refractivity contribution is 7.92. The number of pyridine rings is 1. The van der Waals surface area contributed by atoms with Crippen LogP contribution in [0.15, 0.2) is 35.4 Å². The lowest BCUT2D eigenvalue weighted by Crippen LogP contribution is -2.14. The van der Waals surface area contributed by atoms with E-state index < -0.39 is 10.0 Å². The van der Waals surface area contributed by atoms with Crippen LogP contribution in [0.3, 0.4) is 0 Å². The Balaban J connectivity index is 2.43. The van der Waals surface area contributed by atoms with Crippen molar-refractivity contribution in [1.82, 2.24) is 4.98 Å². The molecule has 106 valence electrons. The van der Waals surface area contributed by atoms with Gasteiger partial charge in [-0.15, -0.1) is 0 Å². The number of hydrogen-bond donors (Lipinski definition) is 2. The Morgan fingerprint density at radius 1 is 1.25 bits per heavy atom. The van der Waals surface area contributed by atoms with Gasteiger partial charge in [0.05, 0.1) is 10.7 Å². The van der Waals surface area contributed by atoms with Crippen molar-refractivity contribution in [2.75, 3.05) is 10.5 Å². The Kier molecular flexibility index (Phi) is 3.87. The predicted molar refractivity (Wildman–Crippen MR) is 80.4 cm³/mol. The van der Waals surface area contributed by atoms with Crippen LogP contribution >= 0.6 is 11.6 Å². The van der Waals surface area contributed by atoms with E-state index in [-0.39, 0.29) is 9.92 Å². The van der Waals surface area contributed by atoms with Crippen molar-refractivity contribution in [1.29, 1.82) is 0 Å². The van der Waals surface area contributed by atoms with Gasteiger partial charge in [-0.3, -0.25) is 9.71 Å². The molecule has 1 aromatic heterocycles. The smallest absolute Gasteiger partial charge is 0.263 e. The molecule has 3 N–H and O–H groups in total. The zero-order valence-electron chi connectivity index (χ0n) is 11.0. The maximum Gasteiger partial charge on any atom is 0.263 e. The van der Waals surface area contributed by atoms with E-state index in [1.165, 1.54) is 18.3 Å². The molecule has 0 saturated carbocycles. The van der Waals surface area contributed by atoms with Gasteiger partial charge in [0.25, 0.3) is 10.0 Å². The summed E-state index contributed by atoms with van der Waals surface area (Å²) in [4.78, 5) is 3.96. The molecule has 0 saturated heterocycles. The van der Waals surface area contributed by atoms with Gasteiger partial charge in [0.15, 0.2) is 0 Å². The van der Waals surface area contributed by atoms with E-state index in [0.717, 1.165) is 5.56 Å². The highest BCUT2D eigenvalue weighted by Gasteiger charge is 2.19. The average Bonchev–Trinajstić information content (AvgIpc) is 2.33. The SMILES string of the molecule is Cc1cc(NS(=O)(=O)c2cc(N)c(C)cc2Cl)ccn1. The molecule has 0 aliphatic carbocycles. The molecule has 20 heavy (non-hydrogen) atoms. The van der Waals surface area contributed by atoms with Gasteiger partial charge in [-0.05, 0) is 43.7 Å². The Labute approximate surface area is 122 Å². The summed E-state index contributed by atoms with van der Waals surface area (Å²) in [6, 6.07) is 6.08. The lowest BCUT2D eigenvalue weighted by molar-refractivity contribution is 0.601. The van der Waals surface area contributed by atoms with Crippen molar-refractivity contribution in [2.45, 2.75) is 18.7 Å². The maximum absolute atomic E-state index is 12.3. The van der Waals surface area contributed by atoms with Crippen LogP contribution in [0.1, 0.15) is 11.3 Å². The van der Waals surface area contributed by atoms with E-state index in [0.29, 0.717) is 17.1 Å². The Bertz CT molecular complexity index is 760. The first-order chi connectivity index (χ1) is 9.29. The summed E-state index contributed by atoms with van der Waals surface area (Å²) in [5.74, 6) is 0. The number of benzene rings is 1. The van der Waals surface area contributed by atoms with Crippen LogP contribution in [0.2, 0.25) is 5.02 Å². The molecular formula is C13H14ClN3O2S. The number of nitrogens with two attached hydrogens (primary N) is 1. The van der Waals surface area contributed by atoms with Gasteiger partial charge in [0.1, 0.15) is 4.90 Å². The summed E-state index contributed by atoms with van der Waals surface area (Å²) in [6.07, 6.45) is 1.53. The van der Waals surface area contributed by atoms with Crippen molar-refractivity contribution < 1.29 is 8.42 Å². The lowest BCUT2D eigenvalue weighted by Gasteiger charge is -2.11.